The maximum atomic E-state index is 14.2. The number of nitrogens with zero attached hydrogens (tertiary/aromatic N) is 4. The van der Waals surface area contributed by atoms with Crippen LogP contribution < -0.4 is 4.90 Å². The maximum Gasteiger partial charge on any atom is 0.220 e. The Balaban J connectivity index is 1.69. The molecule has 7 nitrogen and oxygen atoms in total. The topological polar surface area (TPSA) is 75.6 Å². The lowest BCUT2D eigenvalue weighted by molar-refractivity contribution is 0.0724. The van der Waals surface area contributed by atoms with Crippen LogP contribution in [0.4, 0.5) is 10.2 Å². The summed E-state index contributed by atoms with van der Waals surface area (Å²) in [6, 6.07) is 0. The summed E-state index contributed by atoms with van der Waals surface area (Å²) in [7, 11) is -3.35. The van der Waals surface area contributed by atoms with Crippen LogP contribution in [-0.2, 0) is 21.2 Å². The maximum absolute atomic E-state index is 14.2. The number of sulfonamides is 1. The molecule has 2 fully saturated rings. The molecule has 0 bridgehead atoms. The van der Waals surface area contributed by atoms with E-state index in [1.807, 2.05) is 6.92 Å². The first-order valence-electron chi connectivity index (χ1n) is 7.35. The molecule has 3 rings (SSSR count). The van der Waals surface area contributed by atoms with Crippen molar-refractivity contribution in [1.29, 1.82) is 0 Å². The molecule has 0 saturated carbocycles. The molecule has 1 aromatic heterocycles. The lowest BCUT2D eigenvalue weighted by Crippen LogP contribution is -2.60. The van der Waals surface area contributed by atoms with Crippen LogP contribution in [0.3, 0.4) is 0 Å². The number of hydrogen-bond acceptors (Lipinski definition) is 6. The molecule has 1 aromatic rings. The molecular formula is C13H19FN4O3S. The number of aryl methyl sites for hydroxylation is 1. The van der Waals surface area contributed by atoms with Crippen molar-refractivity contribution in [2.45, 2.75) is 18.6 Å². The van der Waals surface area contributed by atoms with E-state index in [0.29, 0.717) is 38.4 Å². The quantitative estimate of drug-likeness (QED) is 0.775. The largest absolute Gasteiger partial charge is 0.379 e. The van der Waals surface area contributed by atoms with Crippen molar-refractivity contribution in [3.8, 4) is 0 Å². The minimum Gasteiger partial charge on any atom is -0.379 e. The fourth-order valence-corrected chi connectivity index (χ4v) is 4.49. The van der Waals surface area contributed by atoms with Gasteiger partial charge in [-0.2, -0.15) is 4.31 Å². The second kappa shape index (κ2) is 6.05. The first kappa shape index (κ1) is 15.6. The van der Waals surface area contributed by atoms with Crippen LogP contribution in [0.1, 0.15) is 12.6 Å². The Labute approximate surface area is 129 Å². The van der Waals surface area contributed by atoms with E-state index in [2.05, 4.69) is 9.97 Å². The minimum absolute atomic E-state index is 0.195. The van der Waals surface area contributed by atoms with Gasteiger partial charge in [0.1, 0.15) is 11.6 Å². The molecule has 0 atom stereocenters. The van der Waals surface area contributed by atoms with E-state index in [1.54, 1.807) is 4.90 Å². The summed E-state index contributed by atoms with van der Waals surface area (Å²) in [4.78, 5) is 9.49. The van der Waals surface area contributed by atoms with Crippen LogP contribution in [0.15, 0.2) is 6.33 Å². The van der Waals surface area contributed by atoms with Crippen molar-refractivity contribution in [3.05, 3.63) is 17.8 Å². The van der Waals surface area contributed by atoms with Crippen LogP contribution in [0.2, 0.25) is 0 Å². The highest BCUT2D eigenvalue weighted by Crippen LogP contribution is 2.27. The number of morpholine rings is 1. The fourth-order valence-electron chi connectivity index (χ4n) is 2.67. The van der Waals surface area contributed by atoms with Crippen LogP contribution in [0.5, 0.6) is 0 Å². The van der Waals surface area contributed by atoms with Crippen LogP contribution in [0.25, 0.3) is 0 Å². The molecule has 0 radical (unpaired) electrons. The van der Waals surface area contributed by atoms with Gasteiger partial charge in [-0.05, 0) is 6.42 Å². The van der Waals surface area contributed by atoms with Gasteiger partial charge in [0.2, 0.25) is 10.0 Å². The Morgan fingerprint density at radius 2 is 2.00 bits per heavy atom. The third-order valence-electron chi connectivity index (χ3n) is 4.08. The monoisotopic (exact) mass is 330 g/mol. The fraction of sp³-hybridized carbons (Fsp3) is 0.692. The molecule has 9 heteroatoms. The molecule has 3 heterocycles. The summed E-state index contributed by atoms with van der Waals surface area (Å²) < 4.78 is 45.8. The van der Waals surface area contributed by atoms with Crippen molar-refractivity contribution in [3.63, 3.8) is 0 Å². The smallest absolute Gasteiger partial charge is 0.220 e. The summed E-state index contributed by atoms with van der Waals surface area (Å²) in [6.45, 7) is 3.97. The van der Waals surface area contributed by atoms with E-state index in [4.69, 9.17) is 4.74 Å². The van der Waals surface area contributed by atoms with E-state index in [-0.39, 0.29) is 18.9 Å². The number of anilines is 1. The third-order valence-corrected chi connectivity index (χ3v) is 6.30. The van der Waals surface area contributed by atoms with Crippen molar-refractivity contribution < 1.29 is 17.5 Å². The normalized spacial score (nSPS) is 20.9. The van der Waals surface area contributed by atoms with E-state index in [0.717, 1.165) is 0 Å². The van der Waals surface area contributed by atoms with Crippen LogP contribution >= 0.6 is 0 Å². The van der Waals surface area contributed by atoms with Crippen molar-refractivity contribution in [2.75, 3.05) is 44.3 Å². The Kier molecular flexibility index (Phi) is 4.28. The summed E-state index contributed by atoms with van der Waals surface area (Å²) >= 11 is 0. The zero-order valence-electron chi connectivity index (χ0n) is 12.4. The van der Waals surface area contributed by atoms with Gasteiger partial charge in [0.05, 0.1) is 18.9 Å². The van der Waals surface area contributed by atoms with Gasteiger partial charge < -0.3 is 9.64 Å². The molecule has 0 amide bonds. The molecule has 22 heavy (non-hydrogen) atoms. The molecule has 0 spiro atoms. The molecule has 122 valence electrons. The molecule has 2 saturated heterocycles. The summed E-state index contributed by atoms with van der Waals surface area (Å²) in [6.07, 6.45) is 1.80. The Morgan fingerprint density at radius 1 is 1.32 bits per heavy atom. The van der Waals surface area contributed by atoms with Gasteiger partial charge in [0, 0.05) is 26.2 Å². The Morgan fingerprint density at radius 3 is 2.64 bits per heavy atom. The first-order valence-corrected chi connectivity index (χ1v) is 8.85. The second-order valence-electron chi connectivity index (χ2n) is 5.39. The number of aromatic nitrogens is 2. The van der Waals surface area contributed by atoms with Crippen molar-refractivity contribution in [2.24, 2.45) is 0 Å². The average molecular weight is 330 g/mol. The predicted molar refractivity (Wildman–Crippen MR) is 78.7 cm³/mol. The Hall–Kier alpha value is -1.32. The predicted octanol–water partition coefficient (Wildman–Crippen LogP) is 0.0287. The molecule has 2 aliphatic rings. The van der Waals surface area contributed by atoms with E-state index < -0.39 is 21.1 Å². The first-order chi connectivity index (χ1) is 10.5. The van der Waals surface area contributed by atoms with Gasteiger partial charge in [0.15, 0.2) is 11.6 Å². The average Bonchev–Trinajstić information content (AvgIpc) is 2.48. The van der Waals surface area contributed by atoms with Crippen LogP contribution in [-0.4, -0.2) is 67.3 Å². The SMILES string of the molecule is CCc1ncnc(N2CC(S(=O)(=O)N3CCOCC3)C2)c1F. The highest BCUT2D eigenvalue weighted by molar-refractivity contribution is 7.89. The summed E-state index contributed by atoms with van der Waals surface area (Å²) in [5.41, 5.74) is 0.351. The second-order valence-corrected chi connectivity index (χ2v) is 7.61. The molecule has 0 unspecified atom stereocenters. The van der Waals surface area contributed by atoms with Crippen molar-refractivity contribution in [1.82, 2.24) is 14.3 Å². The number of rotatable bonds is 4. The van der Waals surface area contributed by atoms with Gasteiger partial charge in [-0.15, -0.1) is 0 Å². The number of halogens is 1. The lowest BCUT2D eigenvalue weighted by Gasteiger charge is -2.42. The number of ether oxygens (including phenoxy) is 1. The zero-order valence-corrected chi connectivity index (χ0v) is 13.2. The third kappa shape index (κ3) is 2.68. The summed E-state index contributed by atoms with van der Waals surface area (Å²) in [5, 5.41) is -0.509. The van der Waals surface area contributed by atoms with Gasteiger partial charge in [-0.25, -0.2) is 22.8 Å². The van der Waals surface area contributed by atoms with E-state index >= 15 is 0 Å². The molecule has 2 aliphatic heterocycles. The minimum atomic E-state index is -3.35. The Bertz CT molecular complexity index is 643. The van der Waals surface area contributed by atoms with Crippen LogP contribution in [0, 0.1) is 5.82 Å². The number of hydrogen-bond donors (Lipinski definition) is 0. The highest BCUT2D eigenvalue weighted by atomic mass is 32.2. The summed E-state index contributed by atoms with van der Waals surface area (Å²) in [5.74, 6) is -0.257. The lowest BCUT2D eigenvalue weighted by atomic mass is 10.2. The van der Waals surface area contributed by atoms with Gasteiger partial charge in [0.25, 0.3) is 0 Å². The molecule has 0 N–H and O–H groups in total. The van der Waals surface area contributed by atoms with E-state index in [9.17, 15) is 12.8 Å². The molecule has 0 aromatic carbocycles. The van der Waals surface area contributed by atoms with Gasteiger partial charge >= 0.3 is 0 Å². The van der Waals surface area contributed by atoms with Gasteiger partial charge in [-0.3, -0.25) is 0 Å². The molecular weight excluding hydrogens is 311 g/mol. The van der Waals surface area contributed by atoms with E-state index in [1.165, 1.54) is 10.6 Å². The highest BCUT2D eigenvalue weighted by Gasteiger charge is 2.42. The standard InChI is InChI=1S/C13H19FN4O3S/c1-2-11-12(14)13(16-9-15-11)17-7-10(8-17)22(19,20)18-3-5-21-6-4-18/h9-10H,2-8H2,1H3. The zero-order chi connectivity index (χ0) is 15.7. The van der Waals surface area contributed by atoms with Crippen molar-refractivity contribution >= 4 is 15.8 Å². The van der Waals surface area contributed by atoms with Gasteiger partial charge in [-0.1, -0.05) is 6.92 Å². The molecule has 0 aliphatic carbocycles.